The highest BCUT2D eigenvalue weighted by Crippen LogP contribution is 2.24. The van der Waals surface area contributed by atoms with Crippen molar-refractivity contribution in [3.63, 3.8) is 0 Å². The van der Waals surface area contributed by atoms with Crippen molar-refractivity contribution in [2.75, 3.05) is 6.61 Å². The lowest BCUT2D eigenvalue weighted by Crippen LogP contribution is -2.32. The van der Waals surface area contributed by atoms with Crippen molar-refractivity contribution in [3.8, 4) is 5.75 Å². The van der Waals surface area contributed by atoms with Gasteiger partial charge in [-0.25, -0.2) is 0 Å². The Morgan fingerprint density at radius 2 is 1.73 bits per heavy atom. The SMILES string of the molecule is CC(C)[C@@H](N)COc1cc(Cl)cc(Cl)c1. The van der Waals surface area contributed by atoms with Crippen LogP contribution >= 0.6 is 23.2 Å². The highest BCUT2D eigenvalue weighted by atomic mass is 35.5. The quantitative estimate of drug-likeness (QED) is 0.886. The molecule has 2 N–H and O–H groups in total. The summed E-state index contributed by atoms with van der Waals surface area (Å²) in [5, 5.41) is 1.13. The number of ether oxygens (including phenoxy) is 1. The van der Waals surface area contributed by atoms with Crippen LogP contribution in [0.2, 0.25) is 10.0 Å². The maximum absolute atomic E-state index is 5.85. The van der Waals surface area contributed by atoms with Crippen LogP contribution in [0, 0.1) is 5.92 Å². The second kappa shape index (κ2) is 5.59. The summed E-state index contributed by atoms with van der Waals surface area (Å²) in [6.45, 7) is 4.58. The van der Waals surface area contributed by atoms with Crippen LogP contribution < -0.4 is 10.5 Å². The third-order valence-corrected chi connectivity index (χ3v) is 2.57. The fourth-order valence-electron chi connectivity index (χ4n) is 0.997. The molecule has 1 atom stereocenters. The molecule has 0 amide bonds. The number of hydrogen-bond acceptors (Lipinski definition) is 2. The van der Waals surface area contributed by atoms with Gasteiger partial charge in [0.1, 0.15) is 12.4 Å². The molecule has 0 fully saturated rings. The van der Waals surface area contributed by atoms with Crippen LogP contribution in [0.1, 0.15) is 13.8 Å². The first-order valence-corrected chi connectivity index (χ1v) is 5.59. The van der Waals surface area contributed by atoms with Gasteiger partial charge in [-0.1, -0.05) is 37.0 Å². The van der Waals surface area contributed by atoms with E-state index in [-0.39, 0.29) is 6.04 Å². The van der Waals surface area contributed by atoms with Crippen LogP contribution in [-0.4, -0.2) is 12.6 Å². The lowest BCUT2D eigenvalue weighted by molar-refractivity contribution is 0.259. The van der Waals surface area contributed by atoms with E-state index in [2.05, 4.69) is 13.8 Å². The van der Waals surface area contributed by atoms with Crippen molar-refractivity contribution in [1.82, 2.24) is 0 Å². The smallest absolute Gasteiger partial charge is 0.122 e. The summed E-state index contributed by atoms with van der Waals surface area (Å²) in [5.41, 5.74) is 5.85. The molecule has 4 heteroatoms. The van der Waals surface area contributed by atoms with Crippen molar-refractivity contribution in [2.24, 2.45) is 11.7 Å². The van der Waals surface area contributed by atoms with E-state index in [9.17, 15) is 0 Å². The number of halogens is 2. The minimum Gasteiger partial charge on any atom is -0.492 e. The van der Waals surface area contributed by atoms with Crippen LogP contribution in [0.5, 0.6) is 5.75 Å². The van der Waals surface area contributed by atoms with E-state index in [0.29, 0.717) is 28.3 Å². The first kappa shape index (κ1) is 12.6. The maximum atomic E-state index is 5.85. The lowest BCUT2D eigenvalue weighted by atomic mass is 10.1. The standard InChI is InChI=1S/C11H15Cl2NO/c1-7(2)11(14)6-15-10-4-8(12)3-9(13)5-10/h3-5,7,11H,6,14H2,1-2H3/t11-/m0/s1. The van der Waals surface area contributed by atoms with E-state index in [0.717, 1.165) is 0 Å². The lowest BCUT2D eigenvalue weighted by Gasteiger charge is -2.16. The minimum atomic E-state index is 0.0164. The van der Waals surface area contributed by atoms with Gasteiger partial charge in [0.05, 0.1) is 0 Å². The van der Waals surface area contributed by atoms with E-state index in [1.807, 2.05) is 0 Å². The maximum Gasteiger partial charge on any atom is 0.122 e. The van der Waals surface area contributed by atoms with Crippen LogP contribution in [-0.2, 0) is 0 Å². The van der Waals surface area contributed by atoms with E-state index in [1.54, 1.807) is 18.2 Å². The zero-order valence-corrected chi connectivity index (χ0v) is 10.3. The fraction of sp³-hybridized carbons (Fsp3) is 0.455. The number of benzene rings is 1. The second-order valence-electron chi connectivity index (χ2n) is 3.82. The van der Waals surface area contributed by atoms with Gasteiger partial charge in [0.15, 0.2) is 0 Å². The largest absolute Gasteiger partial charge is 0.492 e. The summed E-state index contributed by atoms with van der Waals surface area (Å²) in [6, 6.07) is 5.13. The van der Waals surface area contributed by atoms with E-state index in [4.69, 9.17) is 33.7 Å². The number of rotatable bonds is 4. The molecule has 0 unspecified atom stereocenters. The Morgan fingerprint density at radius 3 is 2.20 bits per heavy atom. The topological polar surface area (TPSA) is 35.2 Å². The zero-order valence-electron chi connectivity index (χ0n) is 8.84. The summed E-state index contributed by atoms with van der Waals surface area (Å²) in [4.78, 5) is 0. The molecule has 0 aliphatic carbocycles. The van der Waals surface area contributed by atoms with Gasteiger partial charge >= 0.3 is 0 Å². The summed E-state index contributed by atoms with van der Waals surface area (Å²) < 4.78 is 5.50. The van der Waals surface area contributed by atoms with Crippen LogP contribution in [0.15, 0.2) is 18.2 Å². The molecule has 2 nitrogen and oxygen atoms in total. The van der Waals surface area contributed by atoms with E-state index < -0.39 is 0 Å². The van der Waals surface area contributed by atoms with Crippen molar-refractivity contribution < 1.29 is 4.74 Å². The van der Waals surface area contributed by atoms with E-state index in [1.165, 1.54) is 0 Å². The van der Waals surface area contributed by atoms with Crippen LogP contribution in [0.3, 0.4) is 0 Å². The first-order chi connectivity index (χ1) is 6.99. The van der Waals surface area contributed by atoms with Crippen LogP contribution in [0.4, 0.5) is 0 Å². The van der Waals surface area contributed by atoms with Gasteiger partial charge in [-0.15, -0.1) is 0 Å². The second-order valence-corrected chi connectivity index (χ2v) is 4.70. The molecule has 0 aliphatic heterocycles. The predicted molar refractivity (Wildman–Crippen MR) is 64.8 cm³/mol. The van der Waals surface area contributed by atoms with Crippen molar-refractivity contribution in [1.29, 1.82) is 0 Å². The Labute approximate surface area is 100 Å². The predicted octanol–water partition coefficient (Wildman–Crippen LogP) is 3.36. The minimum absolute atomic E-state index is 0.0164. The number of nitrogens with two attached hydrogens (primary N) is 1. The van der Waals surface area contributed by atoms with Gasteiger partial charge in [0.25, 0.3) is 0 Å². The van der Waals surface area contributed by atoms with Gasteiger partial charge in [0, 0.05) is 16.1 Å². The molecule has 0 bridgehead atoms. The third kappa shape index (κ3) is 4.29. The highest BCUT2D eigenvalue weighted by molar-refractivity contribution is 6.34. The summed E-state index contributed by atoms with van der Waals surface area (Å²) in [6.07, 6.45) is 0. The molecule has 0 aliphatic rings. The fourth-order valence-corrected chi connectivity index (χ4v) is 1.50. The molecule has 0 radical (unpaired) electrons. The third-order valence-electron chi connectivity index (χ3n) is 2.13. The summed E-state index contributed by atoms with van der Waals surface area (Å²) in [7, 11) is 0. The van der Waals surface area contributed by atoms with Crippen LogP contribution in [0.25, 0.3) is 0 Å². The molecule has 1 aromatic carbocycles. The molecule has 1 aromatic rings. The first-order valence-electron chi connectivity index (χ1n) is 4.83. The molecule has 0 saturated carbocycles. The Hall–Kier alpha value is -0.440. The summed E-state index contributed by atoms with van der Waals surface area (Å²) in [5.74, 6) is 1.04. The van der Waals surface area contributed by atoms with Crippen molar-refractivity contribution in [2.45, 2.75) is 19.9 Å². The Morgan fingerprint density at radius 1 is 1.20 bits per heavy atom. The Bertz CT molecular complexity index is 308. The molecule has 0 heterocycles. The average Bonchev–Trinajstić information content (AvgIpc) is 2.12. The van der Waals surface area contributed by atoms with Gasteiger partial charge in [-0.05, 0) is 24.1 Å². The van der Waals surface area contributed by atoms with Gasteiger partial charge in [-0.3, -0.25) is 0 Å². The monoisotopic (exact) mass is 247 g/mol. The van der Waals surface area contributed by atoms with Gasteiger partial charge in [0.2, 0.25) is 0 Å². The van der Waals surface area contributed by atoms with E-state index >= 15 is 0 Å². The average molecular weight is 248 g/mol. The molecule has 0 saturated heterocycles. The Kier molecular flexibility index (Phi) is 4.71. The number of hydrogen-bond donors (Lipinski definition) is 1. The van der Waals surface area contributed by atoms with Crippen molar-refractivity contribution >= 4 is 23.2 Å². The summed E-state index contributed by atoms with van der Waals surface area (Å²) >= 11 is 11.7. The highest BCUT2D eigenvalue weighted by Gasteiger charge is 2.08. The zero-order chi connectivity index (χ0) is 11.4. The van der Waals surface area contributed by atoms with Gasteiger partial charge in [-0.2, -0.15) is 0 Å². The van der Waals surface area contributed by atoms with Gasteiger partial charge < -0.3 is 10.5 Å². The van der Waals surface area contributed by atoms with Crippen molar-refractivity contribution in [3.05, 3.63) is 28.2 Å². The molecule has 15 heavy (non-hydrogen) atoms. The molecule has 84 valence electrons. The Balaban J connectivity index is 2.57. The molecular formula is C11H15Cl2NO. The normalized spacial score (nSPS) is 12.9. The molecule has 1 rings (SSSR count). The molecule has 0 spiro atoms. The molecular weight excluding hydrogens is 233 g/mol. The molecule has 0 aromatic heterocycles.